The van der Waals surface area contributed by atoms with Crippen LogP contribution in [-0.2, 0) is 10.0 Å². The van der Waals surface area contributed by atoms with E-state index in [1.54, 1.807) is 47.4 Å². The van der Waals surface area contributed by atoms with Crippen LogP contribution >= 0.6 is 23.7 Å². The minimum absolute atomic E-state index is 0. The maximum absolute atomic E-state index is 13.8. The summed E-state index contributed by atoms with van der Waals surface area (Å²) in [6, 6.07) is 22.5. The lowest BCUT2D eigenvalue weighted by molar-refractivity contribution is 0.0987. The zero-order chi connectivity index (χ0) is 24.1. The Kier molecular flexibility index (Phi) is 8.85. The number of para-hydroxylation sites is 2. The normalized spacial score (nSPS) is 11.3. The Bertz CT molecular complexity index is 1360. The minimum Gasteiger partial charge on any atom is -0.309 e. The van der Waals surface area contributed by atoms with Crippen molar-refractivity contribution in [2.45, 2.75) is 11.3 Å². The smallest absolute Gasteiger partial charge is 0.262 e. The van der Waals surface area contributed by atoms with E-state index in [-0.39, 0.29) is 34.5 Å². The van der Waals surface area contributed by atoms with E-state index in [1.807, 2.05) is 38.4 Å². The molecule has 0 bridgehead atoms. The summed E-state index contributed by atoms with van der Waals surface area (Å²) in [6.45, 7) is 1.26. The average Bonchev–Trinajstić information content (AvgIpc) is 3.26. The Balaban J connectivity index is 0.00000342. The summed E-state index contributed by atoms with van der Waals surface area (Å²) in [5.74, 6) is -0.302. The number of sulfonamides is 1. The van der Waals surface area contributed by atoms with E-state index in [2.05, 4.69) is 14.6 Å². The van der Waals surface area contributed by atoms with Crippen LogP contribution in [0.1, 0.15) is 16.8 Å². The van der Waals surface area contributed by atoms with Gasteiger partial charge in [-0.2, -0.15) is 0 Å². The number of hydrogen-bond acceptors (Lipinski definition) is 6. The van der Waals surface area contributed by atoms with Gasteiger partial charge in [0, 0.05) is 6.54 Å². The number of carbonyl (C=O) groups excluding carboxylic acids is 1. The summed E-state index contributed by atoms with van der Waals surface area (Å²) in [5, 5.41) is 0.589. The van der Waals surface area contributed by atoms with Crippen molar-refractivity contribution in [3.8, 4) is 0 Å². The first-order chi connectivity index (χ1) is 16.3. The van der Waals surface area contributed by atoms with Crippen LogP contribution in [0.3, 0.4) is 0 Å². The number of hydrogen-bond donors (Lipinski definition) is 1. The quantitative estimate of drug-likeness (QED) is 0.325. The second-order valence-electron chi connectivity index (χ2n) is 8.04. The van der Waals surface area contributed by atoms with E-state index in [0.29, 0.717) is 11.7 Å². The summed E-state index contributed by atoms with van der Waals surface area (Å²) in [4.78, 5) is 22.3. The van der Waals surface area contributed by atoms with Gasteiger partial charge >= 0.3 is 0 Å². The SMILES string of the molecule is CN(C)CCCN(C(=O)c1ccccc1NS(=O)(=O)c1ccccc1)c1nc2ccccc2s1.Cl. The molecule has 35 heavy (non-hydrogen) atoms. The molecule has 0 aliphatic heterocycles. The van der Waals surface area contributed by atoms with Crippen molar-refractivity contribution < 1.29 is 13.2 Å². The van der Waals surface area contributed by atoms with E-state index >= 15 is 0 Å². The predicted molar refractivity (Wildman–Crippen MR) is 145 cm³/mol. The Morgan fingerprint density at radius 2 is 1.57 bits per heavy atom. The van der Waals surface area contributed by atoms with Crippen LogP contribution in [0.15, 0.2) is 83.8 Å². The molecule has 0 saturated heterocycles. The van der Waals surface area contributed by atoms with Gasteiger partial charge in [0.2, 0.25) is 0 Å². The molecule has 0 spiro atoms. The van der Waals surface area contributed by atoms with Crippen LogP contribution in [-0.4, -0.2) is 51.4 Å². The van der Waals surface area contributed by atoms with Gasteiger partial charge in [-0.1, -0.05) is 53.8 Å². The Morgan fingerprint density at radius 1 is 0.914 bits per heavy atom. The topological polar surface area (TPSA) is 82.6 Å². The number of carbonyl (C=O) groups is 1. The van der Waals surface area contributed by atoms with Crippen molar-refractivity contribution in [2.75, 3.05) is 36.8 Å². The molecule has 0 unspecified atom stereocenters. The number of thiazole rings is 1. The van der Waals surface area contributed by atoms with Crippen LogP contribution < -0.4 is 9.62 Å². The number of aromatic nitrogens is 1. The molecular formula is C25H27ClN4O3S2. The van der Waals surface area contributed by atoms with Gasteiger partial charge in [0.25, 0.3) is 15.9 Å². The van der Waals surface area contributed by atoms with Crippen LogP contribution in [0.2, 0.25) is 0 Å². The molecule has 3 aromatic carbocycles. The van der Waals surface area contributed by atoms with Crippen molar-refractivity contribution in [2.24, 2.45) is 0 Å². The third kappa shape index (κ3) is 6.37. The highest BCUT2D eigenvalue weighted by molar-refractivity contribution is 7.92. The van der Waals surface area contributed by atoms with Crippen molar-refractivity contribution in [1.82, 2.24) is 9.88 Å². The van der Waals surface area contributed by atoms with Crippen LogP contribution in [0.4, 0.5) is 10.8 Å². The molecule has 1 amide bonds. The van der Waals surface area contributed by atoms with Gasteiger partial charge in [-0.25, -0.2) is 13.4 Å². The molecule has 0 aliphatic carbocycles. The molecule has 4 aromatic rings. The lowest BCUT2D eigenvalue weighted by Crippen LogP contribution is -2.34. The molecule has 10 heteroatoms. The molecular weight excluding hydrogens is 504 g/mol. The standard InChI is InChI=1S/C25H26N4O3S2.ClH/c1-28(2)17-10-18-29(25-26-22-15-8-9-16-23(22)33-25)24(30)20-13-6-7-14-21(20)27-34(31,32)19-11-4-3-5-12-19;/h3-9,11-16,27H,10,17-18H2,1-2H3;1H. The van der Waals surface area contributed by atoms with Gasteiger partial charge in [0.15, 0.2) is 5.13 Å². The number of benzene rings is 3. The van der Waals surface area contributed by atoms with E-state index in [9.17, 15) is 13.2 Å². The van der Waals surface area contributed by atoms with Gasteiger partial charge in [-0.3, -0.25) is 14.4 Å². The zero-order valence-electron chi connectivity index (χ0n) is 19.4. The molecule has 184 valence electrons. The van der Waals surface area contributed by atoms with E-state index in [4.69, 9.17) is 0 Å². The summed E-state index contributed by atoms with van der Waals surface area (Å²) in [7, 11) is 0.118. The molecule has 0 saturated carbocycles. The third-order valence-electron chi connectivity index (χ3n) is 5.20. The molecule has 1 aromatic heterocycles. The zero-order valence-corrected chi connectivity index (χ0v) is 21.9. The molecule has 0 aliphatic rings. The first-order valence-corrected chi connectivity index (χ1v) is 13.1. The monoisotopic (exact) mass is 530 g/mol. The summed E-state index contributed by atoms with van der Waals surface area (Å²) in [6.07, 6.45) is 0.743. The number of anilines is 2. The van der Waals surface area contributed by atoms with Gasteiger partial charge in [-0.05, 0) is 63.5 Å². The van der Waals surface area contributed by atoms with E-state index in [0.717, 1.165) is 23.2 Å². The maximum atomic E-state index is 13.8. The van der Waals surface area contributed by atoms with Crippen molar-refractivity contribution in [1.29, 1.82) is 0 Å². The molecule has 1 heterocycles. The van der Waals surface area contributed by atoms with Gasteiger partial charge in [0.05, 0.1) is 26.4 Å². The van der Waals surface area contributed by atoms with Crippen LogP contribution in [0.5, 0.6) is 0 Å². The highest BCUT2D eigenvalue weighted by Crippen LogP contribution is 2.31. The van der Waals surface area contributed by atoms with Crippen molar-refractivity contribution in [3.05, 3.63) is 84.4 Å². The molecule has 0 radical (unpaired) electrons. The van der Waals surface area contributed by atoms with Gasteiger partial charge in [-0.15, -0.1) is 12.4 Å². The lowest BCUT2D eigenvalue weighted by atomic mass is 10.1. The Hall–Kier alpha value is -2.98. The number of nitrogens with zero attached hydrogens (tertiary/aromatic N) is 3. The number of rotatable bonds is 9. The molecule has 1 N–H and O–H groups in total. The summed E-state index contributed by atoms with van der Waals surface area (Å²) in [5.41, 5.74) is 1.33. The minimum atomic E-state index is -3.85. The fraction of sp³-hybridized carbons (Fsp3) is 0.200. The van der Waals surface area contributed by atoms with Gasteiger partial charge in [0.1, 0.15) is 0 Å². The fourth-order valence-electron chi connectivity index (χ4n) is 3.51. The number of nitrogens with one attached hydrogen (secondary N) is 1. The number of fused-ring (bicyclic) bond motifs is 1. The Labute approximate surface area is 215 Å². The number of amides is 1. The van der Waals surface area contributed by atoms with Crippen LogP contribution in [0, 0.1) is 0 Å². The highest BCUT2D eigenvalue weighted by atomic mass is 35.5. The molecule has 4 rings (SSSR count). The largest absolute Gasteiger partial charge is 0.309 e. The predicted octanol–water partition coefficient (Wildman–Crippen LogP) is 5.12. The van der Waals surface area contributed by atoms with Crippen molar-refractivity contribution >= 4 is 60.7 Å². The first kappa shape index (κ1) is 26.6. The maximum Gasteiger partial charge on any atom is 0.262 e. The fourth-order valence-corrected chi connectivity index (χ4v) is 5.60. The van der Waals surface area contributed by atoms with Crippen molar-refractivity contribution in [3.63, 3.8) is 0 Å². The summed E-state index contributed by atoms with van der Waals surface area (Å²) < 4.78 is 29.4. The van der Waals surface area contributed by atoms with E-state index < -0.39 is 10.0 Å². The summed E-state index contributed by atoms with van der Waals surface area (Å²) >= 11 is 1.44. The molecule has 0 atom stereocenters. The second kappa shape index (κ2) is 11.6. The lowest BCUT2D eigenvalue weighted by Gasteiger charge is -2.22. The first-order valence-electron chi connectivity index (χ1n) is 10.8. The molecule has 7 nitrogen and oxygen atoms in total. The second-order valence-corrected chi connectivity index (χ2v) is 10.7. The van der Waals surface area contributed by atoms with Crippen LogP contribution in [0.25, 0.3) is 10.2 Å². The average molecular weight is 531 g/mol. The van der Waals surface area contributed by atoms with Gasteiger partial charge < -0.3 is 4.90 Å². The molecule has 0 fully saturated rings. The number of halogens is 1. The third-order valence-corrected chi connectivity index (χ3v) is 7.64. The Morgan fingerprint density at radius 3 is 2.29 bits per heavy atom. The highest BCUT2D eigenvalue weighted by Gasteiger charge is 2.25. The van der Waals surface area contributed by atoms with E-state index in [1.165, 1.54) is 23.5 Å².